The fourth-order valence-corrected chi connectivity index (χ4v) is 2.26. The molecule has 0 unspecified atom stereocenters. The van der Waals surface area contributed by atoms with E-state index in [1.54, 1.807) is 6.07 Å². The molecular formula is C22H28O5. The zero-order valence-electron chi connectivity index (χ0n) is 16.0. The van der Waals surface area contributed by atoms with Crippen molar-refractivity contribution in [2.45, 2.75) is 46.1 Å². The third kappa shape index (κ3) is 8.51. The van der Waals surface area contributed by atoms with Gasteiger partial charge in [-0.25, -0.2) is 9.59 Å². The highest BCUT2D eigenvalue weighted by atomic mass is 16.5. The van der Waals surface area contributed by atoms with Crippen molar-refractivity contribution in [3.05, 3.63) is 70.8 Å². The van der Waals surface area contributed by atoms with E-state index in [2.05, 4.69) is 13.8 Å². The maximum absolute atomic E-state index is 11.2. The lowest BCUT2D eigenvalue weighted by Gasteiger charge is -2.08. The first-order chi connectivity index (χ1) is 13.0. The van der Waals surface area contributed by atoms with Crippen LogP contribution in [0.2, 0.25) is 0 Å². The standard InChI is InChI=1S/C18H18O5.C4H10/c19-17(20)15-9-8-14(16(11-15)18(21)22)7-4-10-23-12-13-5-2-1-3-6-13;1-3-4-2/h1-3,5-6,8-9,11H,4,7,10,12H2,(H,19,20)(H,21,22);3-4H2,1-2H3. The van der Waals surface area contributed by atoms with Gasteiger partial charge < -0.3 is 14.9 Å². The number of hydrogen-bond acceptors (Lipinski definition) is 3. The first-order valence-corrected chi connectivity index (χ1v) is 9.20. The lowest BCUT2D eigenvalue weighted by molar-refractivity contribution is 0.0694. The van der Waals surface area contributed by atoms with E-state index in [0.717, 1.165) is 5.56 Å². The van der Waals surface area contributed by atoms with Gasteiger partial charge in [0.15, 0.2) is 0 Å². The maximum atomic E-state index is 11.2. The minimum atomic E-state index is -1.13. The third-order valence-corrected chi connectivity index (χ3v) is 3.93. The SMILES string of the molecule is CCCC.O=C(O)c1ccc(CCCOCc2ccccc2)c(C(=O)O)c1. The molecule has 0 aliphatic heterocycles. The topological polar surface area (TPSA) is 83.8 Å². The zero-order valence-corrected chi connectivity index (χ0v) is 16.0. The molecule has 0 fully saturated rings. The van der Waals surface area contributed by atoms with Crippen LogP contribution in [-0.2, 0) is 17.8 Å². The van der Waals surface area contributed by atoms with E-state index in [9.17, 15) is 14.7 Å². The molecule has 2 N–H and O–H groups in total. The van der Waals surface area contributed by atoms with Gasteiger partial charge in [-0.1, -0.05) is 63.1 Å². The Bertz CT molecular complexity index is 708. The van der Waals surface area contributed by atoms with Crippen LogP contribution in [0.25, 0.3) is 0 Å². The Labute approximate surface area is 160 Å². The van der Waals surface area contributed by atoms with Crippen molar-refractivity contribution in [1.82, 2.24) is 0 Å². The number of aromatic carboxylic acids is 2. The smallest absolute Gasteiger partial charge is 0.335 e. The number of rotatable bonds is 9. The average Bonchev–Trinajstić information content (AvgIpc) is 2.68. The summed E-state index contributed by atoms with van der Waals surface area (Å²) in [6.45, 7) is 5.39. The Hall–Kier alpha value is -2.66. The van der Waals surface area contributed by atoms with Crippen LogP contribution in [0.15, 0.2) is 48.5 Å². The number of carboxylic acids is 2. The largest absolute Gasteiger partial charge is 0.478 e. The van der Waals surface area contributed by atoms with Gasteiger partial charge in [0.05, 0.1) is 17.7 Å². The Kier molecular flexibility index (Phi) is 10.5. The molecular weight excluding hydrogens is 344 g/mol. The van der Waals surface area contributed by atoms with Crippen LogP contribution in [-0.4, -0.2) is 28.8 Å². The molecule has 0 heterocycles. The lowest BCUT2D eigenvalue weighted by atomic mass is 10.0. The summed E-state index contributed by atoms with van der Waals surface area (Å²) in [5.74, 6) is -2.25. The molecule has 146 valence electrons. The molecule has 5 heteroatoms. The highest BCUT2D eigenvalue weighted by Crippen LogP contribution is 2.15. The van der Waals surface area contributed by atoms with Gasteiger partial charge in [-0.15, -0.1) is 0 Å². The Morgan fingerprint density at radius 1 is 0.926 bits per heavy atom. The predicted octanol–water partition coefficient (Wildman–Crippen LogP) is 5.04. The highest BCUT2D eigenvalue weighted by molar-refractivity contribution is 5.94. The second kappa shape index (κ2) is 12.7. The molecule has 0 spiro atoms. The summed E-state index contributed by atoms with van der Waals surface area (Å²) in [6, 6.07) is 14.0. The molecule has 5 nitrogen and oxygen atoms in total. The van der Waals surface area contributed by atoms with E-state index in [4.69, 9.17) is 9.84 Å². The van der Waals surface area contributed by atoms with Crippen LogP contribution >= 0.6 is 0 Å². The van der Waals surface area contributed by atoms with Crippen molar-refractivity contribution < 1.29 is 24.5 Å². The predicted molar refractivity (Wildman–Crippen MR) is 105 cm³/mol. The van der Waals surface area contributed by atoms with E-state index in [1.165, 1.54) is 25.0 Å². The quantitative estimate of drug-likeness (QED) is 0.603. The molecule has 0 saturated carbocycles. The molecule has 0 aliphatic rings. The van der Waals surface area contributed by atoms with Crippen molar-refractivity contribution >= 4 is 11.9 Å². The fraction of sp³-hybridized carbons (Fsp3) is 0.364. The summed E-state index contributed by atoms with van der Waals surface area (Å²) >= 11 is 0. The van der Waals surface area contributed by atoms with Gasteiger partial charge in [0.1, 0.15) is 0 Å². The molecule has 0 aliphatic carbocycles. The monoisotopic (exact) mass is 372 g/mol. The number of benzene rings is 2. The first kappa shape index (κ1) is 22.4. The van der Waals surface area contributed by atoms with Gasteiger partial charge in [0.25, 0.3) is 0 Å². The van der Waals surface area contributed by atoms with Gasteiger partial charge in [0.2, 0.25) is 0 Å². The minimum absolute atomic E-state index is 0.0218. The van der Waals surface area contributed by atoms with Gasteiger partial charge in [0, 0.05) is 6.61 Å². The maximum Gasteiger partial charge on any atom is 0.335 e. The molecule has 0 amide bonds. The van der Waals surface area contributed by atoms with Crippen LogP contribution in [0, 0.1) is 0 Å². The van der Waals surface area contributed by atoms with Gasteiger partial charge >= 0.3 is 11.9 Å². The number of aryl methyl sites for hydroxylation is 1. The summed E-state index contributed by atoms with van der Waals surface area (Å²) in [5.41, 5.74) is 1.72. The third-order valence-electron chi connectivity index (χ3n) is 3.93. The van der Waals surface area contributed by atoms with Crippen LogP contribution < -0.4 is 0 Å². The van der Waals surface area contributed by atoms with E-state index < -0.39 is 11.9 Å². The molecule has 0 bridgehead atoms. The van der Waals surface area contributed by atoms with Crippen molar-refractivity contribution in [2.75, 3.05) is 6.61 Å². The zero-order chi connectivity index (χ0) is 20.1. The molecule has 2 rings (SSSR count). The molecule has 0 aromatic heterocycles. The molecule has 0 saturated heterocycles. The van der Waals surface area contributed by atoms with Crippen LogP contribution in [0.1, 0.15) is 65.0 Å². The number of unbranched alkanes of at least 4 members (excludes halogenated alkanes) is 1. The van der Waals surface area contributed by atoms with E-state index in [1.807, 2.05) is 30.3 Å². The molecule has 2 aromatic rings. The summed E-state index contributed by atoms with van der Waals surface area (Å²) in [6.07, 6.45) is 3.83. The van der Waals surface area contributed by atoms with Crippen molar-refractivity contribution in [1.29, 1.82) is 0 Å². The normalized spacial score (nSPS) is 10.0. The van der Waals surface area contributed by atoms with E-state index >= 15 is 0 Å². The molecule has 2 aromatic carbocycles. The van der Waals surface area contributed by atoms with Crippen LogP contribution in [0.5, 0.6) is 0 Å². The summed E-state index contributed by atoms with van der Waals surface area (Å²) in [5, 5.41) is 18.1. The average molecular weight is 372 g/mol. The molecule has 27 heavy (non-hydrogen) atoms. The Balaban J connectivity index is 0.000000828. The fourth-order valence-electron chi connectivity index (χ4n) is 2.26. The molecule has 0 radical (unpaired) electrons. The van der Waals surface area contributed by atoms with Crippen molar-refractivity contribution in [2.24, 2.45) is 0 Å². The minimum Gasteiger partial charge on any atom is -0.478 e. The second-order valence-electron chi connectivity index (χ2n) is 6.12. The first-order valence-electron chi connectivity index (χ1n) is 9.20. The number of hydrogen-bond donors (Lipinski definition) is 2. The number of ether oxygens (including phenoxy) is 1. The summed E-state index contributed by atoms with van der Waals surface area (Å²) < 4.78 is 5.56. The van der Waals surface area contributed by atoms with Gasteiger partial charge in [-0.05, 0) is 36.1 Å². The van der Waals surface area contributed by atoms with Crippen molar-refractivity contribution in [3.8, 4) is 0 Å². The highest BCUT2D eigenvalue weighted by Gasteiger charge is 2.13. The second-order valence-corrected chi connectivity index (χ2v) is 6.12. The van der Waals surface area contributed by atoms with Crippen LogP contribution in [0.3, 0.4) is 0 Å². The number of carbonyl (C=O) groups is 2. The van der Waals surface area contributed by atoms with E-state index in [0.29, 0.717) is 31.6 Å². The number of carboxylic acid groups (broad SMARTS) is 2. The molecule has 0 atom stereocenters. The lowest BCUT2D eigenvalue weighted by Crippen LogP contribution is -2.07. The summed E-state index contributed by atoms with van der Waals surface area (Å²) in [7, 11) is 0. The summed E-state index contributed by atoms with van der Waals surface area (Å²) in [4.78, 5) is 22.2. The van der Waals surface area contributed by atoms with E-state index in [-0.39, 0.29) is 11.1 Å². The Morgan fingerprint density at radius 3 is 2.15 bits per heavy atom. The Morgan fingerprint density at radius 2 is 1.59 bits per heavy atom. The van der Waals surface area contributed by atoms with Gasteiger partial charge in [-0.2, -0.15) is 0 Å². The van der Waals surface area contributed by atoms with Crippen LogP contribution in [0.4, 0.5) is 0 Å². The van der Waals surface area contributed by atoms with Crippen molar-refractivity contribution in [3.63, 3.8) is 0 Å². The van der Waals surface area contributed by atoms with Gasteiger partial charge in [-0.3, -0.25) is 0 Å².